The summed E-state index contributed by atoms with van der Waals surface area (Å²) >= 11 is 0. The second-order valence-corrected chi connectivity index (χ2v) is 9.07. The monoisotopic (exact) mass is 406 g/mol. The Morgan fingerprint density at radius 3 is 1.93 bits per heavy atom. The van der Waals surface area contributed by atoms with Crippen LogP contribution < -0.4 is 0 Å². The van der Waals surface area contributed by atoms with Crippen molar-refractivity contribution in [3.63, 3.8) is 0 Å². The van der Waals surface area contributed by atoms with Crippen LogP contribution in [0.15, 0.2) is 30.3 Å². The normalized spacial score (nSPS) is 34.9. The van der Waals surface area contributed by atoms with E-state index in [9.17, 15) is 0 Å². The first-order chi connectivity index (χ1) is 12.3. The van der Waals surface area contributed by atoms with Crippen molar-refractivity contribution in [1.29, 1.82) is 0 Å². The fraction of sp³-hybridized carbons (Fsp3) is 0.652. The van der Waals surface area contributed by atoms with Crippen LogP contribution in [-0.4, -0.2) is 48.1 Å². The van der Waals surface area contributed by atoms with Gasteiger partial charge in [0.05, 0.1) is 6.54 Å². The highest BCUT2D eigenvalue weighted by molar-refractivity contribution is 5.85. The molecule has 1 heterocycles. The molecule has 148 valence electrons. The Kier molecular flexibility index (Phi) is 6.80. The number of halogens is 2. The van der Waals surface area contributed by atoms with Crippen molar-refractivity contribution < 1.29 is 0 Å². The Balaban J connectivity index is 0.00000105. The molecule has 4 bridgehead atoms. The number of rotatable bonds is 2. The van der Waals surface area contributed by atoms with E-state index in [0.717, 1.165) is 29.9 Å². The van der Waals surface area contributed by atoms with Gasteiger partial charge in [0.2, 0.25) is 0 Å². The van der Waals surface area contributed by atoms with Gasteiger partial charge >= 0.3 is 0 Å². The second kappa shape index (κ2) is 8.75. The quantitative estimate of drug-likeness (QED) is 0.668. The highest BCUT2D eigenvalue weighted by Gasteiger charge is 2.53. The molecule has 2 nitrogen and oxygen atoms in total. The maximum atomic E-state index is 3.38. The van der Waals surface area contributed by atoms with Crippen LogP contribution in [0.5, 0.6) is 0 Å². The van der Waals surface area contributed by atoms with E-state index in [0.29, 0.717) is 5.54 Å². The van der Waals surface area contributed by atoms with Crippen LogP contribution in [0.25, 0.3) is 0 Å². The summed E-state index contributed by atoms with van der Waals surface area (Å²) in [5.41, 5.74) is 1.73. The Hall–Kier alpha value is -0.720. The molecule has 1 aromatic carbocycles. The van der Waals surface area contributed by atoms with Crippen molar-refractivity contribution >= 4 is 24.8 Å². The van der Waals surface area contributed by atoms with Gasteiger partial charge in [0.25, 0.3) is 0 Å². The number of benzene rings is 1. The molecule has 27 heavy (non-hydrogen) atoms. The zero-order valence-electron chi connectivity index (χ0n) is 16.1. The van der Waals surface area contributed by atoms with E-state index in [1.807, 2.05) is 0 Å². The summed E-state index contributed by atoms with van der Waals surface area (Å²) in [6.45, 7) is 5.85. The van der Waals surface area contributed by atoms with E-state index in [1.54, 1.807) is 19.3 Å². The summed E-state index contributed by atoms with van der Waals surface area (Å²) in [6.07, 6.45) is 9.17. The van der Waals surface area contributed by atoms with Crippen LogP contribution >= 0.6 is 24.8 Å². The molecular formula is C23H32Cl2N2. The van der Waals surface area contributed by atoms with Gasteiger partial charge in [-0.2, -0.15) is 0 Å². The average Bonchev–Trinajstić information content (AvgIpc) is 2.62. The predicted molar refractivity (Wildman–Crippen MR) is 117 cm³/mol. The molecule has 1 saturated heterocycles. The molecule has 0 radical (unpaired) electrons. The molecule has 1 aromatic rings. The van der Waals surface area contributed by atoms with E-state index < -0.39 is 0 Å². The molecular weight excluding hydrogens is 375 g/mol. The Morgan fingerprint density at radius 2 is 1.37 bits per heavy atom. The zero-order valence-corrected chi connectivity index (χ0v) is 17.7. The molecule has 0 spiro atoms. The smallest absolute Gasteiger partial charge is 0.0606 e. The largest absolute Gasteiger partial charge is 0.295 e. The Bertz CT molecular complexity index is 635. The lowest BCUT2D eigenvalue weighted by Gasteiger charge is -2.61. The molecule has 4 saturated carbocycles. The van der Waals surface area contributed by atoms with Crippen molar-refractivity contribution in [2.75, 3.05) is 32.7 Å². The average molecular weight is 407 g/mol. The third-order valence-corrected chi connectivity index (χ3v) is 7.36. The van der Waals surface area contributed by atoms with Crippen molar-refractivity contribution in [1.82, 2.24) is 9.80 Å². The molecule has 0 atom stereocenters. The van der Waals surface area contributed by atoms with Crippen LogP contribution in [0, 0.1) is 29.6 Å². The SMILES string of the molecule is C(#Cc1ccccc1)CN1CCN(C23CC4CC(CC(C4)C2)C3)CC1.Cl.Cl. The number of nitrogens with zero attached hydrogens (tertiary/aromatic N) is 2. The maximum Gasteiger partial charge on any atom is 0.0606 e. The molecule has 0 aromatic heterocycles. The van der Waals surface area contributed by atoms with Gasteiger partial charge in [0, 0.05) is 37.3 Å². The Labute approximate surface area is 176 Å². The van der Waals surface area contributed by atoms with Crippen molar-refractivity contribution in [3.05, 3.63) is 35.9 Å². The predicted octanol–water partition coefficient (Wildman–Crippen LogP) is 4.47. The molecule has 0 N–H and O–H groups in total. The number of hydrogen-bond donors (Lipinski definition) is 0. The summed E-state index contributed by atoms with van der Waals surface area (Å²) in [5.74, 6) is 9.85. The van der Waals surface area contributed by atoms with E-state index in [2.05, 4.69) is 52.0 Å². The lowest BCUT2D eigenvalue weighted by Crippen LogP contribution is -2.63. The molecule has 5 fully saturated rings. The van der Waals surface area contributed by atoms with Gasteiger partial charge in [-0.15, -0.1) is 24.8 Å². The van der Waals surface area contributed by atoms with Gasteiger partial charge in [0.1, 0.15) is 0 Å². The van der Waals surface area contributed by atoms with E-state index in [1.165, 1.54) is 45.4 Å². The molecule has 4 heteroatoms. The molecule has 1 aliphatic heterocycles. The molecule has 4 aliphatic carbocycles. The van der Waals surface area contributed by atoms with Crippen LogP contribution in [0.3, 0.4) is 0 Å². The fourth-order valence-corrected chi connectivity index (χ4v) is 6.61. The minimum Gasteiger partial charge on any atom is -0.295 e. The van der Waals surface area contributed by atoms with E-state index >= 15 is 0 Å². The molecule has 6 rings (SSSR count). The van der Waals surface area contributed by atoms with Crippen LogP contribution in [-0.2, 0) is 0 Å². The fourth-order valence-electron chi connectivity index (χ4n) is 6.61. The van der Waals surface area contributed by atoms with Crippen molar-refractivity contribution in [2.24, 2.45) is 17.8 Å². The van der Waals surface area contributed by atoms with E-state index in [-0.39, 0.29) is 24.8 Å². The topological polar surface area (TPSA) is 6.48 Å². The summed E-state index contributed by atoms with van der Waals surface area (Å²) in [6, 6.07) is 10.4. The summed E-state index contributed by atoms with van der Waals surface area (Å²) in [4.78, 5) is 5.45. The first-order valence-electron chi connectivity index (χ1n) is 10.3. The van der Waals surface area contributed by atoms with Gasteiger partial charge in [-0.3, -0.25) is 9.80 Å². The van der Waals surface area contributed by atoms with Gasteiger partial charge in [-0.05, 0) is 68.4 Å². The van der Waals surface area contributed by atoms with Crippen LogP contribution in [0.4, 0.5) is 0 Å². The lowest BCUT2D eigenvalue weighted by molar-refractivity contribution is -0.100. The maximum absolute atomic E-state index is 3.38. The Morgan fingerprint density at radius 1 is 0.815 bits per heavy atom. The van der Waals surface area contributed by atoms with Gasteiger partial charge in [-0.1, -0.05) is 30.0 Å². The number of piperazine rings is 1. The summed E-state index contributed by atoms with van der Waals surface area (Å²) in [5, 5.41) is 0. The van der Waals surface area contributed by atoms with E-state index in [4.69, 9.17) is 0 Å². The van der Waals surface area contributed by atoms with Crippen LogP contribution in [0.2, 0.25) is 0 Å². The summed E-state index contributed by atoms with van der Waals surface area (Å²) in [7, 11) is 0. The highest BCUT2D eigenvalue weighted by Crippen LogP contribution is 2.57. The van der Waals surface area contributed by atoms with Crippen molar-refractivity contribution in [3.8, 4) is 11.8 Å². The minimum absolute atomic E-state index is 0. The van der Waals surface area contributed by atoms with Crippen molar-refractivity contribution in [2.45, 2.75) is 44.1 Å². The number of hydrogen-bond acceptors (Lipinski definition) is 2. The summed E-state index contributed by atoms with van der Waals surface area (Å²) < 4.78 is 0. The first kappa shape index (κ1) is 21.0. The van der Waals surface area contributed by atoms with Crippen LogP contribution in [0.1, 0.15) is 44.1 Å². The zero-order chi connectivity index (χ0) is 16.7. The molecule has 0 unspecified atom stereocenters. The molecule has 5 aliphatic rings. The third kappa shape index (κ3) is 4.33. The molecule has 0 amide bonds. The second-order valence-electron chi connectivity index (χ2n) is 9.07. The lowest BCUT2D eigenvalue weighted by atomic mass is 9.52. The third-order valence-electron chi connectivity index (χ3n) is 7.36. The first-order valence-corrected chi connectivity index (χ1v) is 10.3. The van der Waals surface area contributed by atoms with Gasteiger partial charge < -0.3 is 0 Å². The van der Waals surface area contributed by atoms with Gasteiger partial charge in [-0.25, -0.2) is 0 Å². The standard InChI is InChI=1S/C23H30N2.2ClH/c1-2-5-19(6-3-1)7-4-8-24-9-11-25(12-10-24)23-16-20-13-21(17-23)15-22(14-20)18-23;;/h1-3,5-6,20-22H,8-18H2;2*1H. The highest BCUT2D eigenvalue weighted by atomic mass is 35.5. The minimum atomic E-state index is 0. The van der Waals surface area contributed by atoms with Gasteiger partial charge in [0.15, 0.2) is 0 Å².